The second-order valence-electron chi connectivity index (χ2n) is 6.76. The van der Waals surface area contributed by atoms with Crippen molar-refractivity contribution in [3.05, 3.63) is 0 Å². The Bertz CT molecular complexity index is 389. The third-order valence-corrected chi connectivity index (χ3v) is 4.13. The Kier molecular flexibility index (Phi) is 7.32. The molecule has 0 aliphatic carbocycles. The minimum Gasteiger partial charge on any atom is -0.444 e. The monoisotopic (exact) mass is 330 g/mol. The summed E-state index contributed by atoms with van der Waals surface area (Å²) in [4.78, 5) is 20.1. The summed E-state index contributed by atoms with van der Waals surface area (Å²) < 4.78 is 5.34. The summed E-state index contributed by atoms with van der Waals surface area (Å²) in [6.07, 6.45) is -0.302. The number of amides is 1. The summed E-state index contributed by atoms with van der Waals surface area (Å²) in [6, 6.07) is 0. The lowest BCUT2D eigenvalue weighted by atomic mass is 10.2. The van der Waals surface area contributed by atoms with Crippen LogP contribution in [0.2, 0.25) is 0 Å². The number of thioether (sulfide) groups is 1. The topological polar surface area (TPSA) is 71.2 Å². The van der Waals surface area contributed by atoms with Crippen molar-refractivity contribution >= 4 is 23.8 Å². The van der Waals surface area contributed by atoms with Crippen molar-refractivity contribution in [1.82, 2.24) is 9.80 Å². The molecule has 128 valence electrons. The van der Waals surface area contributed by atoms with Gasteiger partial charge in [-0.25, -0.2) is 4.79 Å². The van der Waals surface area contributed by atoms with Gasteiger partial charge < -0.3 is 20.3 Å². The van der Waals surface area contributed by atoms with E-state index in [-0.39, 0.29) is 12.0 Å². The van der Waals surface area contributed by atoms with Gasteiger partial charge in [0.05, 0.1) is 0 Å². The maximum Gasteiger partial charge on any atom is 0.410 e. The maximum atomic E-state index is 11.9. The smallest absolute Gasteiger partial charge is 0.410 e. The fourth-order valence-electron chi connectivity index (χ4n) is 2.08. The molecule has 1 rings (SSSR count). The molecule has 0 spiro atoms. The number of carbonyl (C=O) groups excluding carboxylic acids is 1. The first-order valence-electron chi connectivity index (χ1n) is 7.76. The summed E-state index contributed by atoms with van der Waals surface area (Å²) in [7, 11) is 1.75. The van der Waals surface area contributed by atoms with Gasteiger partial charge in [-0.15, -0.1) is 0 Å². The van der Waals surface area contributed by atoms with Crippen LogP contribution in [0.4, 0.5) is 4.79 Å². The van der Waals surface area contributed by atoms with Crippen LogP contribution in [0.5, 0.6) is 0 Å². The third kappa shape index (κ3) is 7.24. The van der Waals surface area contributed by atoms with Crippen LogP contribution < -0.4 is 5.73 Å². The molecule has 1 saturated heterocycles. The minimum absolute atomic E-state index is 0.232. The molecule has 0 saturated carbocycles. The predicted octanol–water partition coefficient (Wildman–Crippen LogP) is 1.85. The van der Waals surface area contributed by atoms with Crippen LogP contribution in [-0.2, 0) is 4.74 Å². The van der Waals surface area contributed by atoms with E-state index in [1.165, 1.54) is 0 Å². The largest absolute Gasteiger partial charge is 0.444 e. The van der Waals surface area contributed by atoms with E-state index in [1.54, 1.807) is 11.9 Å². The summed E-state index contributed by atoms with van der Waals surface area (Å²) in [6.45, 7) is 10.8. The zero-order chi connectivity index (χ0) is 16.8. The molecular weight excluding hydrogens is 300 g/mol. The lowest BCUT2D eigenvalue weighted by Crippen LogP contribution is -2.43. The molecule has 1 heterocycles. The minimum atomic E-state index is -0.469. The Morgan fingerprint density at radius 3 is 2.55 bits per heavy atom. The molecule has 1 atom stereocenters. The molecule has 0 aromatic heterocycles. The van der Waals surface area contributed by atoms with Crippen LogP contribution in [0.3, 0.4) is 0 Å². The molecule has 0 aromatic rings. The number of hydrogen-bond donors (Lipinski definition) is 1. The van der Waals surface area contributed by atoms with Crippen molar-refractivity contribution in [2.24, 2.45) is 16.6 Å². The normalized spacial score (nSPS) is 18.0. The van der Waals surface area contributed by atoms with Gasteiger partial charge in [0.15, 0.2) is 5.96 Å². The van der Waals surface area contributed by atoms with Crippen molar-refractivity contribution < 1.29 is 9.53 Å². The van der Waals surface area contributed by atoms with Gasteiger partial charge in [0.1, 0.15) is 5.60 Å². The summed E-state index contributed by atoms with van der Waals surface area (Å²) >= 11 is 1.95. The van der Waals surface area contributed by atoms with Gasteiger partial charge in [0, 0.05) is 44.7 Å². The number of nitrogens with zero attached hydrogens (tertiary/aromatic N) is 3. The predicted molar refractivity (Wildman–Crippen MR) is 93.4 cm³/mol. The zero-order valence-electron chi connectivity index (χ0n) is 14.5. The van der Waals surface area contributed by atoms with Gasteiger partial charge in [-0.05, 0) is 26.7 Å². The first kappa shape index (κ1) is 18.9. The van der Waals surface area contributed by atoms with Gasteiger partial charge in [-0.1, -0.05) is 6.92 Å². The number of hydrogen-bond acceptors (Lipinski definition) is 4. The Morgan fingerprint density at radius 2 is 2.00 bits per heavy atom. The Balaban J connectivity index is 2.38. The Labute approximate surface area is 138 Å². The van der Waals surface area contributed by atoms with Crippen molar-refractivity contribution in [1.29, 1.82) is 0 Å². The first-order valence-corrected chi connectivity index (χ1v) is 8.91. The van der Waals surface area contributed by atoms with E-state index in [4.69, 9.17) is 10.5 Å². The Morgan fingerprint density at radius 1 is 1.41 bits per heavy atom. The highest BCUT2D eigenvalue weighted by molar-refractivity contribution is 7.99. The van der Waals surface area contributed by atoms with Gasteiger partial charge in [0.2, 0.25) is 0 Å². The highest BCUT2D eigenvalue weighted by Gasteiger charge is 2.20. The molecule has 0 bridgehead atoms. The quantitative estimate of drug-likeness (QED) is 0.629. The molecule has 6 nitrogen and oxygen atoms in total. The van der Waals surface area contributed by atoms with E-state index in [9.17, 15) is 4.79 Å². The maximum absolute atomic E-state index is 11.9. The van der Waals surface area contributed by atoms with Gasteiger partial charge in [-0.3, -0.25) is 4.99 Å². The zero-order valence-corrected chi connectivity index (χ0v) is 15.3. The van der Waals surface area contributed by atoms with E-state index in [0.29, 0.717) is 19.0 Å². The molecule has 1 unspecified atom stereocenters. The SMILES string of the molecule is CC(CN=C(N)N1CCSCC1)CN(C)C(=O)OC(C)(C)C. The van der Waals surface area contributed by atoms with Crippen LogP contribution in [0, 0.1) is 5.92 Å². The standard InChI is InChI=1S/C15H30N4O2S/c1-12(11-18(5)14(20)21-15(2,3)4)10-17-13(16)19-6-8-22-9-7-19/h12H,6-11H2,1-5H3,(H2,16,17). The van der Waals surface area contributed by atoms with Crippen LogP contribution in [0.1, 0.15) is 27.7 Å². The van der Waals surface area contributed by atoms with E-state index in [0.717, 1.165) is 24.6 Å². The number of rotatable bonds is 4. The molecule has 0 aromatic carbocycles. The van der Waals surface area contributed by atoms with Gasteiger partial charge in [-0.2, -0.15) is 11.8 Å². The number of nitrogens with two attached hydrogens (primary N) is 1. The number of carbonyl (C=O) groups is 1. The molecule has 1 amide bonds. The molecule has 2 N–H and O–H groups in total. The van der Waals surface area contributed by atoms with Gasteiger partial charge >= 0.3 is 6.09 Å². The molecule has 7 heteroatoms. The highest BCUT2D eigenvalue weighted by atomic mass is 32.2. The fourth-order valence-corrected chi connectivity index (χ4v) is 2.98. The lowest BCUT2D eigenvalue weighted by molar-refractivity contribution is 0.0279. The average Bonchev–Trinajstić information content (AvgIpc) is 2.43. The van der Waals surface area contributed by atoms with Crippen molar-refractivity contribution in [3.63, 3.8) is 0 Å². The molecular formula is C15H30N4O2S. The fraction of sp³-hybridized carbons (Fsp3) is 0.867. The van der Waals surface area contributed by atoms with Crippen LogP contribution >= 0.6 is 11.8 Å². The number of guanidine groups is 1. The molecule has 1 fully saturated rings. The van der Waals surface area contributed by atoms with Crippen LogP contribution in [0.15, 0.2) is 4.99 Å². The molecule has 1 aliphatic heterocycles. The van der Waals surface area contributed by atoms with Crippen molar-refractivity contribution in [3.8, 4) is 0 Å². The summed E-state index contributed by atoms with van der Waals surface area (Å²) in [5.41, 5.74) is 5.56. The molecule has 0 radical (unpaired) electrons. The number of aliphatic imine (C=N–C) groups is 1. The third-order valence-electron chi connectivity index (χ3n) is 3.19. The van der Waals surface area contributed by atoms with Crippen molar-refractivity contribution in [2.75, 3.05) is 44.7 Å². The second kappa shape index (κ2) is 8.50. The van der Waals surface area contributed by atoms with E-state index < -0.39 is 5.60 Å². The van der Waals surface area contributed by atoms with Gasteiger partial charge in [0.25, 0.3) is 0 Å². The number of ether oxygens (including phenoxy) is 1. The molecule has 22 heavy (non-hydrogen) atoms. The van der Waals surface area contributed by atoms with E-state index in [2.05, 4.69) is 16.8 Å². The lowest BCUT2D eigenvalue weighted by Gasteiger charge is -2.28. The van der Waals surface area contributed by atoms with E-state index in [1.807, 2.05) is 32.5 Å². The van der Waals surface area contributed by atoms with E-state index >= 15 is 0 Å². The molecule has 1 aliphatic rings. The van der Waals surface area contributed by atoms with Crippen LogP contribution in [-0.4, -0.2) is 72.2 Å². The Hall–Kier alpha value is -1.11. The average molecular weight is 330 g/mol. The second-order valence-corrected chi connectivity index (χ2v) is 7.99. The summed E-state index contributed by atoms with van der Waals surface area (Å²) in [5.74, 6) is 3.06. The van der Waals surface area contributed by atoms with Crippen molar-refractivity contribution in [2.45, 2.75) is 33.3 Å². The summed E-state index contributed by atoms with van der Waals surface area (Å²) in [5, 5.41) is 0. The highest BCUT2D eigenvalue weighted by Crippen LogP contribution is 2.11. The first-order chi connectivity index (χ1) is 10.2. The van der Waals surface area contributed by atoms with Crippen LogP contribution in [0.25, 0.3) is 0 Å².